The van der Waals surface area contributed by atoms with E-state index in [9.17, 15) is 15.2 Å². The van der Waals surface area contributed by atoms with E-state index in [1.54, 1.807) is 0 Å². The summed E-state index contributed by atoms with van der Waals surface area (Å²) < 4.78 is 0. The Morgan fingerprint density at radius 3 is 1.53 bits per heavy atom. The number of benzene rings is 1. The van der Waals surface area contributed by atoms with E-state index in [0.717, 1.165) is 12.1 Å². The van der Waals surface area contributed by atoms with Crippen molar-refractivity contribution in [2.75, 3.05) is 0 Å². The molecule has 84 valence electrons. The standard InChI is InChI=1S/C6H5NO3.Na.4H2O/c8-6-3-1-5(2-4-6)7(9)10;;;;;/h1-4,8H;;4*1H2/q;+1;;;;/p-1. The van der Waals surface area contributed by atoms with Crippen LogP contribution in [0.1, 0.15) is 0 Å². The molecule has 1 aromatic carbocycles. The minimum atomic E-state index is -0.542. The van der Waals surface area contributed by atoms with E-state index in [0.29, 0.717) is 0 Å². The average molecular weight is 233 g/mol. The minimum Gasteiger partial charge on any atom is -0.872 e. The molecule has 8 nitrogen and oxygen atoms in total. The first-order valence-corrected chi connectivity index (χ1v) is 2.61. The molecular weight excluding hydrogens is 221 g/mol. The van der Waals surface area contributed by atoms with Crippen LogP contribution in [0, 0.1) is 10.1 Å². The first-order valence-electron chi connectivity index (χ1n) is 2.61. The average Bonchev–Trinajstić information content (AvgIpc) is 1.88. The molecule has 0 heterocycles. The molecule has 0 saturated heterocycles. The van der Waals surface area contributed by atoms with Gasteiger partial charge in [-0.15, -0.1) is 5.75 Å². The predicted molar refractivity (Wildman–Crippen MR) is 47.0 cm³/mol. The molecule has 0 unspecified atom stereocenters. The Kier molecular flexibility index (Phi) is 25.8. The number of non-ortho nitro benzene ring substituents is 1. The van der Waals surface area contributed by atoms with Gasteiger partial charge in [0, 0.05) is 12.1 Å². The zero-order valence-electron chi connectivity index (χ0n) is 7.98. The largest absolute Gasteiger partial charge is 1.00 e. The van der Waals surface area contributed by atoms with E-state index in [-0.39, 0.29) is 62.9 Å². The summed E-state index contributed by atoms with van der Waals surface area (Å²) in [5.41, 5.74) is -0.0559. The molecule has 0 aliphatic carbocycles. The van der Waals surface area contributed by atoms with Crippen molar-refractivity contribution in [3.8, 4) is 5.75 Å². The van der Waals surface area contributed by atoms with Crippen LogP contribution in [0.15, 0.2) is 24.3 Å². The fourth-order valence-corrected chi connectivity index (χ4v) is 0.568. The Morgan fingerprint density at radius 2 is 1.27 bits per heavy atom. The van der Waals surface area contributed by atoms with Crippen LogP contribution < -0.4 is 34.7 Å². The van der Waals surface area contributed by atoms with E-state index < -0.39 is 4.92 Å². The normalized spacial score (nSPS) is 6.13. The van der Waals surface area contributed by atoms with Gasteiger partial charge < -0.3 is 27.0 Å². The molecular formula is C6H12NNaO7. The summed E-state index contributed by atoms with van der Waals surface area (Å²) in [6.07, 6.45) is 0. The Hall–Kier alpha value is -0.740. The van der Waals surface area contributed by atoms with Gasteiger partial charge in [0.15, 0.2) is 0 Å². The number of nitrogens with zero attached hydrogens (tertiary/aromatic N) is 1. The number of nitro benzene ring substituents is 1. The van der Waals surface area contributed by atoms with Crippen molar-refractivity contribution in [1.29, 1.82) is 0 Å². The molecule has 0 amide bonds. The monoisotopic (exact) mass is 233 g/mol. The first-order chi connectivity index (χ1) is 4.70. The van der Waals surface area contributed by atoms with Crippen molar-refractivity contribution in [3.63, 3.8) is 0 Å². The SMILES string of the molecule is O.O.O.O.O=[N+]([O-])c1ccc([O-])cc1.[Na+]. The summed E-state index contributed by atoms with van der Waals surface area (Å²) in [7, 11) is 0. The van der Waals surface area contributed by atoms with Gasteiger partial charge in [0.25, 0.3) is 5.69 Å². The van der Waals surface area contributed by atoms with Crippen LogP contribution >= 0.6 is 0 Å². The second kappa shape index (κ2) is 13.3. The van der Waals surface area contributed by atoms with Crippen LogP contribution in [-0.2, 0) is 0 Å². The Balaban J connectivity index is -0.0000000667. The smallest absolute Gasteiger partial charge is 0.872 e. The molecule has 0 aromatic heterocycles. The number of rotatable bonds is 1. The molecule has 9 heteroatoms. The summed E-state index contributed by atoms with van der Waals surface area (Å²) in [5.74, 6) is -0.217. The topological polar surface area (TPSA) is 192 Å². The van der Waals surface area contributed by atoms with Crippen LogP contribution in [0.25, 0.3) is 0 Å². The number of hydrogen-bond donors (Lipinski definition) is 0. The van der Waals surface area contributed by atoms with Gasteiger partial charge in [-0.1, -0.05) is 12.1 Å². The summed E-state index contributed by atoms with van der Waals surface area (Å²) in [5, 5.41) is 20.4. The van der Waals surface area contributed by atoms with Crippen molar-refractivity contribution in [3.05, 3.63) is 34.4 Å². The van der Waals surface area contributed by atoms with Crippen LogP contribution in [0.3, 0.4) is 0 Å². The fourth-order valence-electron chi connectivity index (χ4n) is 0.568. The van der Waals surface area contributed by atoms with Gasteiger partial charge in [-0.05, 0) is 0 Å². The van der Waals surface area contributed by atoms with Crippen molar-refractivity contribution < 1.29 is 61.5 Å². The second-order valence-corrected chi connectivity index (χ2v) is 1.75. The van der Waals surface area contributed by atoms with Crippen LogP contribution in [0.5, 0.6) is 5.75 Å². The summed E-state index contributed by atoms with van der Waals surface area (Å²) >= 11 is 0. The quantitative estimate of drug-likeness (QED) is 0.265. The molecule has 0 radical (unpaired) electrons. The number of hydrogen-bond acceptors (Lipinski definition) is 3. The molecule has 1 aromatic rings. The molecule has 0 aliphatic heterocycles. The zero-order chi connectivity index (χ0) is 7.56. The molecule has 0 saturated carbocycles. The third kappa shape index (κ3) is 9.56. The minimum absolute atomic E-state index is 0. The maximum atomic E-state index is 10.4. The van der Waals surface area contributed by atoms with E-state index in [4.69, 9.17) is 0 Å². The van der Waals surface area contributed by atoms with Gasteiger partial charge in [0.1, 0.15) is 0 Å². The van der Waals surface area contributed by atoms with Crippen molar-refractivity contribution in [2.24, 2.45) is 0 Å². The van der Waals surface area contributed by atoms with Gasteiger partial charge in [-0.2, -0.15) is 0 Å². The molecule has 0 fully saturated rings. The summed E-state index contributed by atoms with van der Waals surface area (Å²) in [6.45, 7) is 0. The Bertz CT molecular complexity index is 252. The van der Waals surface area contributed by atoms with Gasteiger partial charge >= 0.3 is 29.6 Å². The van der Waals surface area contributed by atoms with Crippen LogP contribution in [0.4, 0.5) is 5.69 Å². The Morgan fingerprint density at radius 1 is 0.933 bits per heavy atom. The summed E-state index contributed by atoms with van der Waals surface area (Å²) in [4.78, 5) is 9.47. The molecule has 0 bridgehead atoms. The zero-order valence-corrected chi connectivity index (χ0v) is 9.98. The van der Waals surface area contributed by atoms with Crippen molar-refractivity contribution in [2.45, 2.75) is 0 Å². The van der Waals surface area contributed by atoms with E-state index in [1.807, 2.05) is 0 Å². The first kappa shape index (κ1) is 29.2. The molecule has 15 heavy (non-hydrogen) atoms. The van der Waals surface area contributed by atoms with Gasteiger partial charge in [-0.3, -0.25) is 10.1 Å². The van der Waals surface area contributed by atoms with Gasteiger partial charge in [-0.25, -0.2) is 0 Å². The molecule has 0 aliphatic rings. The summed E-state index contributed by atoms with van der Waals surface area (Å²) in [6, 6.07) is 4.70. The maximum absolute atomic E-state index is 10.4. The molecule has 1 rings (SSSR count). The molecule has 0 atom stereocenters. The third-order valence-corrected chi connectivity index (χ3v) is 1.05. The van der Waals surface area contributed by atoms with Gasteiger partial charge in [0.05, 0.1) is 4.92 Å². The molecule has 8 N–H and O–H groups in total. The molecule has 0 spiro atoms. The van der Waals surface area contributed by atoms with Crippen LogP contribution in [0.2, 0.25) is 0 Å². The van der Waals surface area contributed by atoms with Gasteiger partial charge in [0.2, 0.25) is 0 Å². The number of nitro groups is 1. The maximum Gasteiger partial charge on any atom is 1.00 e. The van der Waals surface area contributed by atoms with Crippen molar-refractivity contribution >= 4 is 5.69 Å². The Labute approximate surface area is 107 Å². The fraction of sp³-hybridized carbons (Fsp3) is 0. The van der Waals surface area contributed by atoms with Crippen LogP contribution in [-0.4, -0.2) is 26.8 Å². The third-order valence-electron chi connectivity index (χ3n) is 1.05. The predicted octanol–water partition coefficient (Wildman–Crippen LogP) is -5.63. The van der Waals surface area contributed by atoms with E-state index in [1.165, 1.54) is 12.1 Å². The van der Waals surface area contributed by atoms with Crippen molar-refractivity contribution in [1.82, 2.24) is 0 Å². The second-order valence-electron chi connectivity index (χ2n) is 1.75. The van der Waals surface area contributed by atoms with E-state index in [2.05, 4.69) is 0 Å². The van der Waals surface area contributed by atoms with E-state index >= 15 is 0 Å².